The van der Waals surface area contributed by atoms with Gasteiger partial charge in [0.25, 0.3) is 0 Å². The Bertz CT molecular complexity index is 432. The van der Waals surface area contributed by atoms with E-state index in [9.17, 15) is 18.3 Å². The summed E-state index contributed by atoms with van der Waals surface area (Å²) in [5, 5.41) is 10.1. The molecule has 0 aliphatic heterocycles. The molecule has 2 atom stereocenters. The first-order chi connectivity index (χ1) is 8.52. The van der Waals surface area contributed by atoms with Crippen molar-refractivity contribution in [3.8, 4) is 5.75 Å². The van der Waals surface area contributed by atoms with E-state index in [1.165, 1.54) is 18.2 Å². The van der Waals surface area contributed by atoms with Gasteiger partial charge in [0.05, 0.1) is 12.1 Å². The molecule has 0 spiro atoms. The molecule has 0 saturated carbocycles. The van der Waals surface area contributed by atoms with E-state index in [-0.39, 0.29) is 23.7 Å². The number of aliphatic hydroxyl groups is 1. The van der Waals surface area contributed by atoms with Crippen LogP contribution < -0.4 is 10.5 Å². The van der Waals surface area contributed by atoms with E-state index in [0.29, 0.717) is 0 Å². The summed E-state index contributed by atoms with van der Waals surface area (Å²) in [4.78, 5) is 0. The van der Waals surface area contributed by atoms with Gasteiger partial charge in [-0.15, -0.1) is 25.6 Å². The van der Waals surface area contributed by atoms with E-state index < -0.39 is 23.9 Å². The normalized spacial score (nSPS) is 15.2. The van der Waals surface area contributed by atoms with Gasteiger partial charge in [-0.25, -0.2) is 0 Å². The maximum absolute atomic E-state index is 12.3. The van der Waals surface area contributed by atoms with E-state index >= 15 is 0 Å². The average molecular weight is 314 g/mol. The van der Waals surface area contributed by atoms with E-state index in [1.54, 1.807) is 26.8 Å². The highest BCUT2D eigenvalue weighted by Crippen LogP contribution is 2.34. The first-order valence-electron chi connectivity index (χ1n) is 5.80. The number of alkyl halides is 3. The lowest BCUT2D eigenvalue weighted by molar-refractivity contribution is -0.275. The number of aliphatic hydroxyl groups excluding tert-OH is 1. The first-order valence-corrected chi connectivity index (χ1v) is 5.80. The molecule has 1 aromatic rings. The molecule has 7 heteroatoms. The Hall–Kier alpha value is -0.980. The summed E-state index contributed by atoms with van der Waals surface area (Å²) in [6.07, 6.45) is -5.78. The van der Waals surface area contributed by atoms with Crippen molar-refractivity contribution in [1.29, 1.82) is 0 Å². The quantitative estimate of drug-likeness (QED) is 0.899. The molecule has 0 radical (unpaired) electrons. The van der Waals surface area contributed by atoms with Gasteiger partial charge in [-0.2, -0.15) is 0 Å². The van der Waals surface area contributed by atoms with Gasteiger partial charge in [0.15, 0.2) is 0 Å². The van der Waals surface area contributed by atoms with Crippen molar-refractivity contribution in [3.63, 3.8) is 0 Å². The Balaban J connectivity index is 0.00000361. The van der Waals surface area contributed by atoms with Crippen molar-refractivity contribution in [2.45, 2.75) is 39.3 Å². The lowest BCUT2D eigenvalue weighted by Crippen LogP contribution is -2.37. The third-order valence-corrected chi connectivity index (χ3v) is 2.73. The zero-order chi connectivity index (χ0) is 14.8. The van der Waals surface area contributed by atoms with Crippen LogP contribution in [0.3, 0.4) is 0 Å². The lowest BCUT2D eigenvalue weighted by Gasteiger charge is -2.31. The van der Waals surface area contributed by atoms with E-state index in [0.717, 1.165) is 0 Å². The van der Waals surface area contributed by atoms with E-state index in [1.807, 2.05) is 0 Å². The van der Waals surface area contributed by atoms with E-state index in [2.05, 4.69) is 4.74 Å². The molecule has 3 nitrogen and oxygen atoms in total. The summed E-state index contributed by atoms with van der Waals surface area (Å²) in [7, 11) is 0. The van der Waals surface area contributed by atoms with Gasteiger partial charge in [0, 0.05) is 5.56 Å². The Morgan fingerprint density at radius 3 is 2.10 bits per heavy atom. The summed E-state index contributed by atoms with van der Waals surface area (Å²) < 4.78 is 40.8. The molecule has 0 bridgehead atoms. The third-order valence-electron chi connectivity index (χ3n) is 2.73. The molecule has 0 amide bonds. The predicted octanol–water partition coefficient (Wildman–Crippen LogP) is 3.41. The molecule has 1 rings (SSSR count). The van der Waals surface area contributed by atoms with Crippen LogP contribution in [0.5, 0.6) is 5.75 Å². The standard InChI is InChI=1S/C13H18F3NO2.ClH/c1-12(2,3)11(18)10(17)8-6-4-5-7-9(8)19-13(14,15)16;/h4-7,10-11,18H,17H2,1-3H3;1H/t10-,11-;/m0./s1. The number of benzene rings is 1. The van der Waals surface area contributed by atoms with Crippen LogP contribution in [-0.2, 0) is 0 Å². The van der Waals surface area contributed by atoms with Gasteiger partial charge in [0.2, 0.25) is 0 Å². The smallest absolute Gasteiger partial charge is 0.405 e. The third kappa shape index (κ3) is 5.19. The fourth-order valence-electron chi connectivity index (χ4n) is 1.68. The van der Waals surface area contributed by atoms with Crippen LogP contribution in [0.4, 0.5) is 13.2 Å². The van der Waals surface area contributed by atoms with Crippen molar-refractivity contribution in [1.82, 2.24) is 0 Å². The Kier molecular flexibility index (Phi) is 6.32. The van der Waals surface area contributed by atoms with Crippen LogP contribution in [0.25, 0.3) is 0 Å². The average Bonchev–Trinajstić information content (AvgIpc) is 2.24. The summed E-state index contributed by atoms with van der Waals surface area (Å²) in [6.45, 7) is 5.26. The van der Waals surface area contributed by atoms with Gasteiger partial charge in [-0.05, 0) is 11.5 Å². The van der Waals surface area contributed by atoms with Gasteiger partial charge < -0.3 is 15.6 Å². The summed E-state index contributed by atoms with van der Waals surface area (Å²) in [5.41, 5.74) is 5.42. The van der Waals surface area contributed by atoms with Crippen molar-refractivity contribution >= 4 is 12.4 Å². The van der Waals surface area contributed by atoms with Crippen LogP contribution in [0, 0.1) is 5.41 Å². The largest absolute Gasteiger partial charge is 0.573 e. The van der Waals surface area contributed by atoms with Crippen LogP contribution in [0.1, 0.15) is 32.4 Å². The number of ether oxygens (including phenoxy) is 1. The minimum absolute atomic E-state index is 0. The number of hydrogen-bond acceptors (Lipinski definition) is 3. The fourth-order valence-corrected chi connectivity index (χ4v) is 1.68. The molecule has 20 heavy (non-hydrogen) atoms. The van der Waals surface area contributed by atoms with Gasteiger partial charge in [-0.1, -0.05) is 39.0 Å². The minimum Gasteiger partial charge on any atom is -0.405 e. The topological polar surface area (TPSA) is 55.5 Å². The summed E-state index contributed by atoms with van der Waals surface area (Å²) >= 11 is 0. The molecule has 0 fully saturated rings. The molecule has 0 saturated heterocycles. The van der Waals surface area contributed by atoms with Crippen LogP contribution >= 0.6 is 12.4 Å². The van der Waals surface area contributed by atoms with Crippen LogP contribution in [0.15, 0.2) is 24.3 Å². The zero-order valence-electron chi connectivity index (χ0n) is 11.4. The molecular formula is C13H19ClF3NO2. The fraction of sp³-hybridized carbons (Fsp3) is 0.538. The Morgan fingerprint density at radius 1 is 1.15 bits per heavy atom. The monoisotopic (exact) mass is 313 g/mol. The SMILES string of the molecule is CC(C)(C)[C@@H](O)[C@@H](N)c1ccccc1OC(F)(F)F.Cl. The summed E-state index contributed by atoms with van der Waals surface area (Å²) in [5.74, 6) is -0.384. The number of halogens is 4. The van der Waals surface area contributed by atoms with Gasteiger partial charge >= 0.3 is 6.36 Å². The van der Waals surface area contributed by atoms with Gasteiger partial charge in [0.1, 0.15) is 5.75 Å². The molecule has 0 heterocycles. The number of nitrogens with two attached hydrogens (primary N) is 1. The maximum atomic E-state index is 12.3. The molecule has 0 unspecified atom stereocenters. The zero-order valence-corrected chi connectivity index (χ0v) is 12.3. The van der Waals surface area contributed by atoms with Crippen LogP contribution in [-0.4, -0.2) is 17.6 Å². The second kappa shape index (κ2) is 6.65. The molecule has 1 aromatic carbocycles. The molecule has 116 valence electrons. The molecule has 0 aliphatic carbocycles. The highest BCUT2D eigenvalue weighted by atomic mass is 35.5. The number of hydrogen-bond donors (Lipinski definition) is 2. The lowest BCUT2D eigenvalue weighted by atomic mass is 9.82. The number of rotatable bonds is 3. The molecule has 3 N–H and O–H groups in total. The molecule has 0 aromatic heterocycles. The van der Waals surface area contributed by atoms with Crippen molar-refractivity contribution in [2.75, 3.05) is 0 Å². The highest BCUT2D eigenvalue weighted by Gasteiger charge is 2.35. The Labute approximate surface area is 122 Å². The molecular weight excluding hydrogens is 295 g/mol. The molecule has 0 aliphatic rings. The summed E-state index contributed by atoms with van der Waals surface area (Å²) in [6, 6.07) is 4.60. The van der Waals surface area contributed by atoms with Crippen molar-refractivity contribution in [3.05, 3.63) is 29.8 Å². The van der Waals surface area contributed by atoms with Crippen molar-refractivity contribution in [2.24, 2.45) is 11.1 Å². The maximum Gasteiger partial charge on any atom is 0.573 e. The Morgan fingerprint density at radius 2 is 1.65 bits per heavy atom. The second-order valence-electron chi connectivity index (χ2n) is 5.42. The second-order valence-corrected chi connectivity index (χ2v) is 5.42. The van der Waals surface area contributed by atoms with Crippen LogP contribution in [0.2, 0.25) is 0 Å². The highest BCUT2D eigenvalue weighted by molar-refractivity contribution is 5.85. The minimum atomic E-state index is -4.79. The van der Waals surface area contributed by atoms with Gasteiger partial charge in [-0.3, -0.25) is 0 Å². The first kappa shape index (κ1) is 19.0. The number of para-hydroxylation sites is 1. The van der Waals surface area contributed by atoms with E-state index in [4.69, 9.17) is 5.73 Å². The van der Waals surface area contributed by atoms with Crippen molar-refractivity contribution < 1.29 is 23.0 Å². The predicted molar refractivity (Wildman–Crippen MR) is 72.8 cm³/mol.